The summed E-state index contributed by atoms with van der Waals surface area (Å²) in [5.74, 6) is 0.770. The highest BCUT2D eigenvalue weighted by molar-refractivity contribution is 7.00. The SMILES string of the molecule is CC(C)(C)c1ccc(C2C(c3ccc(C(C)(C)C)cc3)C2c2cc3c4c(c2)N(c2ccc(C(C)(C)C)cc2-c2ccccc2)c2cc5c(cc2B4c2cc(C(C)(C)C)ccc2N3c2ccc(C(C)(C)C)cc2)C(C)(C)c2ccccc2C5(C)C)cc1. The van der Waals surface area contributed by atoms with Crippen LogP contribution in [0.2, 0.25) is 0 Å². The molecule has 9 aromatic carbocycles. The maximum absolute atomic E-state index is 2.76. The largest absolute Gasteiger partial charge is 0.311 e. The van der Waals surface area contributed by atoms with Crippen LogP contribution in [0, 0.1) is 0 Å². The molecule has 2 unspecified atom stereocenters. The van der Waals surface area contributed by atoms with Gasteiger partial charge in [-0.2, -0.15) is 0 Å². The van der Waals surface area contributed by atoms with Gasteiger partial charge in [0.1, 0.15) is 0 Å². The normalized spacial score (nSPS) is 18.4. The zero-order valence-electron chi connectivity index (χ0n) is 55.1. The van der Waals surface area contributed by atoms with Crippen LogP contribution in [0.4, 0.5) is 34.1 Å². The summed E-state index contributed by atoms with van der Waals surface area (Å²) < 4.78 is 0. The summed E-state index contributed by atoms with van der Waals surface area (Å²) >= 11 is 0. The second-order valence-corrected chi connectivity index (χ2v) is 32.3. The minimum absolute atomic E-state index is 0.00148. The van der Waals surface area contributed by atoms with Crippen LogP contribution < -0.4 is 26.2 Å². The lowest BCUT2D eigenvalue weighted by molar-refractivity contribution is 0.521. The van der Waals surface area contributed by atoms with Gasteiger partial charge in [0.2, 0.25) is 0 Å². The van der Waals surface area contributed by atoms with E-state index in [1.807, 2.05) is 0 Å². The van der Waals surface area contributed by atoms with Gasteiger partial charge in [0.05, 0.1) is 5.69 Å². The van der Waals surface area contributed by atoms with Crippen molar-refractivity contribution in [2.45, 2.75) is 187 Å². The van der Waals surface area contributed by atoms with Crippen molar-refractivity contribution in [1.29, 1.82) is 0 Å². The van der Waals surface area contributed by atoms with E-state index in [9.17, 15) is 0 Å². The average Bonchev–Trinajstić information content (AvgIpc) is 1.00. The quantitative estimate of drug-likeness (QED) is 0.153. The zero-order chi connectivity index (χ0) is 61.2. The number of rotatable bonds is 6. The molecule has 0 amide bonds. The minimum Gasteiger partial charge on any atom is -0.311 e. The van der Waals surface area contributed by atoms with Crippen LogP contribution in [0.15, 0.2) is 188 Å². The molecular weight excluding hydrogens is 1040 g/mol. The first-order valence-electron chi connectivity index (χ1n) is 32.1. The van der Waals surface area contributed by atoms with Crippen molar-refractivity contribution in [3.63, 3.8) is 0 Å². The summed E-state index contributed by atoms with van der Waals surface area (Å²) in [5.41, 5.74) is 30.0. The lowest BCUT2D eigenvalue weighted by Gasteiger charge is -2.48. The molecule has 3 heteroatoms. The summed E-state index contributed by atoms with van der Waals surface area (Å²) in [6.07, 6.45) is 0. The monoisotopic (exact) mass is 1130 g/mol. The molecule has 4 aliphatic rings. The van der Waals surface area contributed by atoms with E-state index in [4.69, 9.17) is 0 Å². The third kappa shape index (κ3) is 9.43. The molecule has 86 heavy (non-hydrogen) atoms. The van der Waals surface area contributed by atoms with E-state index in [1.165, 1.54) is 128 Å². The Morgan fingerprint density at radius 1 is 0.314 bits per heavy atom. The molecule has 9 aromatic rings. The molecule has 1 fully saturated rings. The van der Waals surface area contributed by atoms with Gasteiger partial charge in [-0.25, -0.2) is 0 Å². The summed E-state index contributed by atoms with van der Waals surface area (Å²) in [7, 11) is 0. The average molecular weight is 1130 g/mol. The molecule has 0 aromatic heterocycles. The zero-order valence-corrected chi connectivity index (χ0v) is 55.1. The molecule has 13 rings (SSSR count). The summed E-state index contributed by atoms with van der Waals surface area (Å²) in [4.78, 5) is 5.43. The van der Waals surface area contributed by atoms with Crippen LogP contribution in [-0.4, -0.2) is 6.71 Å². The van der Waals surface area contributed by atoms with Crippen LogP contribution in [0.25, 0.3) is 11.1 Å². The van der Waals surface area contributed by atoms with Crippen molar-refractivity contribution < 1.29 is 0 Å². The van der Waals surface area contributed by atoms with Gasteiger partial charge in [-0.3, -0.25) is 0 Å². The Labute approximate surface area is 517 Å². The highest BCUT2D eigenvalue weighted by Gasteiger charge is 2.55. The van der Waals surface area contributed by atoms with Crippen LogP contribution in [-0.2, 0) is 37.9 Å². The van der Waals surface area contributed by atoms with E-state index >= 15 is 0 Å². The Kier molecular flexibility index (Phi) is 13.1. The summed E-state index contributed by atoms with van der Waals surface area (Å²) in [6, 6.07) is 75.2. The highest BCUT2D eigenvalue weighted by atomic mass is 15.2. The lowest BCUT2D eigenvalue weighted by Crippen LogP contribution is -2.62. The van der Waals surface area contributed by atoms with Crippen molar-refractivity contribution in [2.24, 2.45) is 0 Å². The van der Waals surface area contributed by atoms with Gasteiger partial charge in [0, 0.05) is 44.8 Å². The third-order valence-corrected chi connectivity index (χ3v) is 20.6. The predicted octanol–water partition coefficient (Wildman–Crippen LogP) is 20.6. The van der Waals surface area contributed by atoms with Gasteiger partial charge in [0.25, 0.3) is 6.71 Å². The molecular formula is C83H91BN2. The van der Waals surface area contributed by atoms with Crippen LogP contribution in [0.5, 0.6) is 0 Å². The van der Waals surface area contributed by atoms with Crippen molar-refractivity contribution in [2.75, 3.05) is 9.80 Å². The number of nitrogens with zero attached hydrogens (tertiary/aromatic N) is 2. The standard InChI is InChI=1S/C83H91BN2/c1-77(2,3)55-33-29-52(30-34-55)73-74(53-31-35-56(36-32-53)78(4,5)6)75(73)54-45-71-76-72(46-54)86(68-43-39-58(80(10,11)12)47-61(68)51-25-21-20-22-26-51)70-50-65-64(82(16,17)62-27-23-24-28-63(62)83(65,18)19)49-67(70)84(76)66-48-59(81(13,14)15)40-44-69(66)85(71)60-41-37-57(38-42-60)79(7,8)9/h20-50,73-75H,1-19H3. The fourth-order valence-electron chi connectivity index (χ4n) is 15.3. The van der Waals surface area contributed by atoms with Crippen molar-refractivity contribution in [3.8, 4) is 11.1 Å². The predicted molar refractivity (Wildman–Crippen MR) is 371 cm³/mol. The van der Waals surface area contributed by atoms with Gasteiger partial charge < -0.3 is 9.80 Å². The fraction of sp³-hybridized carbons (Fsp3) is 0.349. The Morgan fingerprint density at radius 2 is 0.709 bits per heavy atom. The minimum atomic E-state index is -0.271. The maximum atomic E-state index is 2.76. The van der Waals surface area contributed by atoms with Crippen molar-refractivity contribution in [1.82, 2.24) is 0 Å². The van der Waals surface area contributed by atoms with Gasteiger partial charge in [-0.15, -0.1) is 0 Å². The van der Waals surface area contributed by atoms with E-state index < -0.39 is 0 Å². The van der Waals surface area contributed by atoms with Gasteiger partial charge >= 0.3 is 0 Å². The second-order valence-electron chi connectivity index (χ2n) is 32.3. The summed E-state index contributed by atoms with van der Waals surface area (Å²) in [5, 5.41) is 0. The Bertz CT molecular complexity index is 4060. The van der Waals surface area contributed by atoms with E-state index in [0.29, 0.717) is 0 Å². The first-order valence-corrected chi connectivity index (χ1v) is 32.1. The molecule has 0 N–H and O–H groups in total. The number of fused-ring (bicyclic) bond motifs is 6. The van der Waals surface area contributed by atoms with Gasteiger partial charge in [-0.1, -0.05) is 271 Å². The van der Waals surface area contributed by atoms with E-state index in [1.54, 1.807) is 0 Å². The number of benzene rings is 9. The highest BCUT2D eigenvalue weighted by Crippen LogP contribution is 2.67. The number of hydrogen-bond donors (Lipinski definition) is 0. The van der Waals surface area contributed by atoms with E-state index in [0.717, 1.165) is 0 Å². The van der Waals surface area contributed by atoms with Gasteiger partial charge in [0.15, 0.2) is 0 Å². The molecule has 2 nitrogen and oxygen atoms in total. The molecule has 2 atom stereocenters. The van der Waals surface area contributed by atoms with Crippen molar-refractivity contribution >= 4 is 57.2 Å². The molecule has 0 spiro atoms. The third-order valence-electron chi connectivity index (χ3n) is 20.6. The summed E-state index contributed by atoms with van der Waals surface area (Å²) in [6.45, 7) is 45.0. The van der Waals surface area contributed by atoms with Crippen LogP contribution in [0.3, 0.4) is 0 Å². The maximum Gasteiger partial charge on any atom is 0.252 e. The van der Waals surface area contributed by atoms with Crippen molar-refractivity contribution in [3.05, 3.63) is 255 Å². The molecule has 2 heterocycles. The molecule has 0 saturated heterocycles. The van der Waals surface area contributed by atoms with Crippen LogP contribution in [0.1, 0.15) is 216 Å². The van der Waals surface area contributed by atoms with E-state index in [2.05, 4.69) is 329 Å². The first-order chi connectivity index (χ1) is 40.3. The smallest absolute Gasteiger partial charge is 0.252 e. The number of hydrogen-bond acceptors (Lipinski definition) is 2. The fourth-order valence-corrected chi connectivity index (χ4v) is 15.3. The first kappa shape index (κ1) is 57.7. The Morgan fingerprint density at radius 3 is 1.20 bits per heavy atom. The van der Waals surface area contributed by atoms with Gasteiger partial charge in [-0.05, 0) is 182 Å². The second kappa shape index (κ2) is 19.6. The molecule has 2 aliphatic carbocycles. The Hall–Kier alpha value is -7.36. The molecule has 0 radical (unpaired) electrons. The topological polar surface area (TPSA) is 6.48 Å². The molecule has 436 valence electrons. The van der Waals surface area contributed by atoms with E-state index in [-0.39, 0.29) is 62.4 Å². The number of anilines is 6. The molecule has 2 aliphatic heterocycles. The Balaban J connectivity index is 1.17. The molecule has 0 bridgehead atoms. The van der Waals surface area contributed by atoms with Crippen LogP contribution >= 0.6 is 0 Å². The lowest BCUT2D eigenvalue weighted by atomic mass is 9.32. The molecule has 1 saturated carbocycles.